The maximum atomic E-state index is 11.5. The summed E-state index contributed by atoms with van der Waals surface area (Å²) in [6.07, 6.45) is 0. The number of nitrogens with one attached hydrogen (secondary N) is 2. The van der Waals surface area contributed by atoms with Crippen LogP contribution in [0.4, 0.5) is 5.82 Å². The van der Waals surface area contributed by atoms with Gasteiger partial charge in [-0.05, 0) is 6.92 Å². The molecule has 1 saturated heterocycles. The van der Waals surface area contributed by atoms with E-state index in [1.54, 1.807) is 0 Å². The molecule has 3 rings (SSSR count). The topological polar surface area (TPSA) is 78.3 Å². The highest BCUT2D eigenvalue weighted by molar-refractivity contribution is 5.51. The van der Waals surface area contributed by atoms with Crippen LogP contribution in [0.15, 0.2) is 10.9 Å². The number of aromatic amines is 1. The van der Waals surface area contributed by atoms with E-state index in [-0.39, 0.29) is 5.69 Å². The van der Waals surface area contributed by atoms with Gasteiger partial charge in [0.25, 0.3) is 0 Å². The molecule has 90 valence electrons. The van der Waals surface area contributed by atoms with Crippen LogP contribution in [0.3, 0.4) is 0 Å². The number of hydrogen-bond acceptors (Lipinski definition) is 5. The van der Waals surface area contributed by atoms with Gasteiger partial charge >= 0.3 is 5.69 Å². The van der Waals surface area contributed by atoms with Crippen molar-refractivity contribution >= 4 is 11.5 Å². The van der Waals surface area contributed by atoms with Crippen molar-refractivity contribution in [1.82, 2.24) is 24.9 Å². The quantitative estimate of drug-likeness (QED) is 0.671. The molecule has 0 radical (unpaired) electrons. The summed E-state index contributed by atoms with van der Waals surface area (Å²) in [6, 6.07) is 1.84. The van der Waals surface area contributed by atoms with Crippen molar-refractivity contribution < 1.29 is 0 Å². The van der Waals surface area contributed by atoms with Crippen LogP contribution in [0.5, 0.6) is 0 Å². The third kappa shape index (κ3) is 1.68. The van der Waals surface area contributed by atoms with Crippen LogP contribution in [0, 0.1) is 6.92 Å². The highest BCUT2D eigenvalue weighted by Gasteiger charge is 2.14. The highest BCUT2D eigenvalue weighted by atomic mass is 16.1. The third-order valence-corrected chi connectivity index (χ3v) is 3.00. The Morgan fingerprint density at radius 1 is 1.35 bits per heavy atom. The summed E-state index contributed by atoms with van der Waals surface area (Å²) in [5.74, 6) is 1.55. The lowest BCUT2D eigenvalue weighted by atomic mass is 10.3. The molecular weight excluding hydrogens is 220 g/mol. The number of fused-ring (bicyclic) bond motifs is 1. The smallest absolute Gasteiger partial charge is 0.349 e. The van der Waals surface area contributed by atoms with Crippen molar-refractivity contribution in [1.29, 1.82) is 0 Å². The third-order valence-electron chi connectivity index (χ3n) is 3.00. The molecule has 7 nitrogen and oxygen atoms in total. The highest BCUT2D eigenvalue weighted by Crippen LogP contribution is 2.13. The number of rotatable bonds is 1. The van der Waals surface area contributed by atoms with Gasteiger partial charge in [0.1, 0.15) is 11.6 Å². The second-order valence-electron chi connectivity index (χ2n) is 4.12. The summed E-state index contributed by atoms with van der Waals surface area (Å²) in [4.78, 5) is 18.1. The molecule has 0 unspecified atom stereocenters. The van der Waals surface area contributed by atoms with E-state index in [2.05, 4.69) is 25.4 Å². The van der Waals surface area contributed by atoms with Crippen LogP contribution in [0.25, 0.3) is 5.65 Å². The van der Waals surface area contributed by atoms with E-state index in [0.29, 0.717) is 11.5 Å². The molecule has 0 amide bonds. The van der Waals surface area contributed by atoms with Gasteiger partial charge in [0.15, 0.2) is 5.65 Å². The molecule has 0 atom stereocenters. The second-order valence-corrected chi connectivity index (χ2v) is 4.12. The molecule has 3 heterocycles. The SMILES string of the molecule is Cc1nc(N2CCNCC2)cc2n[nH]c(=O)n12. The summed E-state index contributed by atoms with van der Waals surface area (Å²) in [5.41, 5.74) is 0.382. The Morgan fingerprint density at radius 3 is 2.88 bits per heavy atom. The second kappa shape index (κ2) is 3.85. The zero-order valence-corrected chi connectivity index (χ0v) is 9.60. The van der Waals surface area contributed by atoms with Gasteiger partial charge < -0.3 is 10.2 Å². The molecule has 0 aromatic carbocycles. The van der Waals surface area contributed by atoms with Crippen LogP contribution in [0.2, 0.25) is 0 Å². The molecule has 0 aliphatic carbocycles. The lowest BCUT2D eigenvalue weighted by molar-refractivity contribution is 0.584. The average molecular weight is 234 g/mol. The minimum Gasteiger partial charge on any atom is -0.354 e. The maximum Gasteiger partial charge on any atom is 0.349 e. The number of aromatic nitrogens is 4. The molecule has 2 aromatic heterocycles. The van der Waals surface area contributed by atoms with Crippen LogP contribution in [-0.4, -0.2) is 45.8 Å². The molecular formula is C10H14N6O. The number of H-pyrrole nitrogens is 1. The van der Waals surface area contributed by atoms with Gasteiger partial charge in [-0.2, -0.15) is 5.10 Å². The zero-order chi connectivity index (χ0) is 11.8. The van der Waals surface area contributed by atoms with E-state index >= 15 is 0 Å². The van der Waals surface area contributed by atoms with Crippen molar-refractivity contribution in [3.63, 3.8) is 0 Å². The summed E-state index contributed by atoms with van der Waals surface area (Å²) < 4.78 is 1.48. The van der Waals surface area contributed by atoms with E-state index in [1.807, 2.05) is 13.0 Å². The Hall–Kier alpha value is -1.89. The average Bonchev–Trinajstić information content (AvgIpc) is 2.73. The van der Waals surface area contributed by atoms with E-state index in [4.69, 9.17) is 0 Å². The van der Waals surface area contributed by atoms with Crippen molar-refractivity contribution in [3.05, 3.63) is 22.4 Å². The van der Waals surface area contributed by atoms with Gasteiger partial charge in [-0.25, -0.2) is 19.3 Å². The molecule has 1 aliphatic heterocycles. The fourth-order valence-electron chi connectivity index (χ4n) is 2.14. The molecule has 1 fully saturated rings. The van der Waals surface area contributed by atoms with Crippen molar-refractivity contribution in [2.75, 3.05) is 31.1 Å². The predicted octanol–water partition coefficient (Wildman–Crippen LogP) is -0.864. The molecule has 2 N–H and O–H groups in total. The largest absolute Gasteiger partial charge is 0.354 e. The number of aryl methyl sites for hydroxylation is 1. The van der Waals surface area contributed by atoms with Crippen molar-refractivity contribution in [2.45, 2.75) is 6.92 Å². The number of nitrogens with zero attached hydrogens (tertiary/aromatic N) is 4. The first-order valence-corrected chi connectivity index (χ1v) is 5.66. The number of hydrogen-bond donors (Lipinski definition) is 2. The Morgan fingerprint density at radius 2 is 2.12 bits per heavy atom. The predicted molar refractivity (Wildman–Crippen MR) is 63.4 cm³/mol. The summed E-state index contributed by atoms with van der Waals surface area (Å²) in [7, 11) is 0. The number of anilines is 1. The fourth-order valence-corrected chi connectivity index (χ4v) is 2.14. The van der Waals surface area contributed by atoms with Crippen molar-refractivity contribution in [3.8, 4) is 0 Å². The van der Waals surface area contributed by atoms with E-state index in [0.717, 1.165) is 32.0 Å². The van der Waals surface area contributed by atoms with Gasteiger partial charge in [-0.15, -0.1) is 0 Å². The van der Waals surface area contributed by atoms with E-state index in [9.17, 15) is 4.79 Å². The minimum absolute atomic E-state index is 0.239. The summed E-state index contributed by atoms with van der Waals surface area (Å²) in [5, 5.41) is 9.71. The zero-order valence-electron chi connectivity index (χ0n) is 9.60. The van der Waals surface area contributed by atoms with Crippen LogP contribution >= 0.6 is 0 Å². The fraction of sp³-hybridized carbons (Fsp3) is 0.500. The lowest BCUT2D eigenvalue weighted by Gasteiger charge is -2.28. The van der Waals surface area contributed by atoms with Crippen LogP contribution in [0.1, 0.15) is 5.82 Å². The maximum absolute atomic E-state index is 11.5. The minimum atomic E-state index is -0.239. The lowest BCUT2D eigenvalue weighted by Crippen LogP contribution is -2.44. The van der Waals surface area contributed by atoms with E-state index in [1.165, 1.54) is 4.40 Å². The molecule has 7 heteroatoms. The van der Waals surface area contributed by atoms with Gasteiger partial charge in [-0.1, -0.05) is 0 Å². The van der Waals surface area contributed by atoms with Crippen LogP contribution < -0.4 is 15.9 Å². The Kier molecular flexibility index (Phi) is 2.32. The Labute approximate surface area is 97.5 Å². The van der Waals surface area contributed by atoms with Crippen molar-refractivity contribution in [2.24, 2.45) is 0 Å². The summed E-state index contributed by atoms with van der Waals surface area (Å²) in [6.45, 7) is 5.59. The summed E-state index contributed by atoms with van der Waals surface area (Å²) >= 11 is 0. The molecule has 2 aromatic rings. The Balaban J connectivity index is 2.08. The molecule has 0 saturated carbocycles. The molecule has 0 spiro atoms. The monoisotopic (exact) mass is 234 g/mol. The van der Waals surface area contributed by atoms with E-state index < -0.39 is 0 Å². The standard InChI is InChI=1S/C10H14N6O/c1-7-12-8(15-4-2-11-3-5-15)6-9-13-14-10(17)16(7)9/h6,11H,2-5H2,1H3,(H,14,17). The van der Waals surface area contributed by atoms with Crippen LogP contribution in [-0.2, 0) is 0 Å². The van der Waals surface area contributed by atoms with Gasteiger partial charge in [0, 0.05) is 32.2 Å². The first kappa shape index (κ1) is 10.3. The molecule has 1 aliphatic rings. The van der Waals surface area contributed by atoms with Gasteiger partial charge in [0.2, 0.25) is 0 Å². The Bertz CT molecular complexity index is 594. The number of piperazine rings is 1. The van der Waals surface area contributed by atoms with Gasteiger partial charge in [-0.3, -0.25) is 0 Å². The normalized spacial score (nSPS) is 16.6. The first-order chi connectivity index (χ1) is 8.25. The van der Waals surface area contributed by atoms with Gasteiger partial charge in [0.05, 0.1) is 0 Å². The molecule has 17 heavy (non-hydrogen) atoms. The molecule has 0 bridgehead atoms. The first-order valence-electron chi connectivity index (χ1n) is 5.66.